The van der Waals surface area contributed by atoms with E-state index in [0.717, 1.165) is 16.8 Å². The van der Waals surface area contributed by atoms with E-state index in [9.17, 15) is 18.0 Å². The lowest BCUT2D eigenvalue weighted by Crippen LogP contribution is -2.13. The van der Waals surface area contributed by atoms with Crippen LogP contribution in [0.3, 0.4) is 0 Å². The summed E-state index contributed by atoms with van der Waals surface area (Å²) in [7, 11) is 1.44. The molecule has 1 amide bonds. The molecule has 19 heavy (non-hydrogen) atoms. The zero-order chi connectivity index (χ0) is 14.0. The van der Waals surface area contributed by atoms with Crippen molar-refractivity contribution in [3.8, 4) is 0 Å². The topological polar surface area (TPSA) is 46.9 Å². The number of benzene rings is 1. The van der Waals surface area contributed by atoms with Crippen LogP contribution in [0, 0.1) is 5.82 Å². The average molecular weight is 269 g/mol. The van der Waals surface area contributed by atoms with Gasteiger partial charge in [-0.15, -0.1) is 0 Å². The van der Waals surface area contributed by atoms with Crippen molar-refractivity contribution in [3.05, 3.63) is 47.5 Å². The van der Waals surface area contributed by atoms with Crippen molar-refractivity contribution in [3.63, 3.8) is 0 Å². The predicted molar refractivity (Wildman–Crippen MR) is 62.5 cm³/mol. The Morgan fingerprint density at radius 2 is 1.95 bits per heavy atom. The highest BCUT2D eigenvalue weighted by atomic mass is 19.3. The number of hydrogen-bond donors (Lipinski definition) is 1. The number of amides is 1. The van der Waals surface area contributed by atoms with Crippen molar-refractivity contribution in [1.29, 1.82) is 0 Å². The van der Waals surface area contributed by atoms with E-state index >= 15 is 0 Å². The highest BCUT2D eigenvalue weighted by molar-refractivity contribution is 6.04. The lowest BCUT2D eigenvalue weighted by Gasteiger charge is -2.04. The molecule has 0 aliphatic heterocycles. The van der Waals surface area contributed by atoms with Crippen molar-refractivity contribution in [1.82, 2.24) is 9.78 Å². The van der Waals surface area contributed by atoms with Crippen molar-refractivity contribution >= 4 is 11.6 Å². The van der Waals surface area contributed by atoms with E-state index in [1.807, 2.05) is 0 Å². The fraction of sp³-hybridized carbons (Fsp3) is 0.167. The third-order valence-electron chi connectivity index (χ3n) is 2.41. The fourth-order valence-corrected chi connectivity index (χ4v) is 1.57. The van der Waals surface area contributed by atoms with Gasteiger partial charge in [0.2, 0.25) is 0 Å². The van der Waals surface area contributed by atoms with Crippen LogP contribution in [0.5, 0.6) is 0 Å². The molecule has 0 radical (unpaired) electrons. The molecule has 7 heteroatoms. The molecule has 1 heterocycles. The Kier molecular flexibility index (Phi) is 3.55. The molecule has 0 aliphatic carbocycles. The highest BCUT2D eigenvalue weighted by Crippen LogP contribution is 2.22. The van der Waals surface area contributed by atoms with Crippen molar-refractivity contribution in [2.75, 3.05) is 5.32 Å². The van der Waals surface area contributed by atoms with Crippen LogP contribution < -0.4 is 5.32 Å². The lowest BCUT2D eigenvalue weighted by molar-refractivity contribution is 0.101. The molecule has 0 saturated carbocycles. The van der Waals surface area contributed by atoms with E-state index in [0.29, 0.717) is 5.69 Å². The summed E-state index contributed by atoms with van der Waals surface area (Å²) in [5, 5.41) is 5.93. The van der Waals surface area contributed by atoms with Crippen molar-refractivity contribution in [2.24, 2.45) is 7.05 Å². The summed E-state index contributed by atoms with van der Waals surface area (Å²) in [6, 6.07) is 5.00. The molecule has 4 nitrogen and oxygen atoms in total. The maximum absolute atomic E-state index is 12.7. The van der Waals surface area contributed by atoms with Gasteiger partial charge in [0.25, 0.3) is 12.3 Å². The first-order chi connectivity index (χ1) is 8.97. The molecule has 0 fully saturated rings. The third kappa shape index (κ3) is 2.93. The van der Waals surface area contributed by atoms with Crippen LogP contribution in [0.25, 0.3) is 0 Å². The number of alkyl halides is 2. The van der Waals surface area contributed by atoms with Gasteiger partial charge in [-0.2, -0.15) is 5.10 Å². The average Bonchev–Trinajstić information content (AvgIpc) is 2.74. The predicted octanol–water partition coefficient (Wildman–Crippen LogP) is 2.75. The first-order valence-electron chi connectivity index (χ1n) is 5.36. The molecule has 0 aliphatic rings. The quantitative estimate of drug-likeness (QED) is 0.931. The Balaban J connectivity index is 2.22. The maximum Gasteiger partial charge on any atom is 0.282 e. The Hall–Kier alpha value is -2.31. The van der Waals surface area contributed by atoms with Gasteiger partial charge < -0.3 is 5.32 Å². The van der Waals surface area contributed by atoms with Crippen LogP contribution in [-0.2, 0) is 7.05 Å². The standard InChI is InChI=1S/C12H10F3N3O/c1-18-6-9(10(17-18)11(14)15)12(19)16-8-4-2-7(13)3-5-8/h2-6,11H,1H3,(H,16,19). The molecule has 100 valence electrons. The number of aromatic nitrogens is 2. The molecule has 2 rings (SSSR count). The van der Waals surface area contributed by atoms with Gasteiger partial charge in [0.1, 0.15) is 11.5 Å². The van der Waals surface area contributed by atoms with Gasteiger partial charge in [0, 0.05) is 18.9 Å². The molecule has 0 unspecified atom stereocenters. The number of carbonyl (C=O) groups is 1. The van der Waals surface area contributed by atoms with Gasteiger partial charge in [-0.25, -0.2) is 13.2 Å². The van der Waals surface area contributed by atoms with Crippen LogP contribution in [-0.4, -0.2) is 15.7 Å². The number of carbonyl (C=O) groups excluding carboxylic acids is 1. The lowest BCUT2D eigenvalue weighted by atomic mass is 10.2. The second-order valence-electron chi connectivity index (χ2n) is 3.86. The Bertz CT molecular complexity index is 593. The second kappa shape index (κ2) is 5.13. The minimum Gasteiger partial charge on any atom is -0.322 e. The molecule has 2 aromatic rings. The highest BCUT2D eigenvalue weighted by Gasteiger charge is 2.22. The number of halogens is 3. The van der Waals surface area contributed by atoms with E-state index in [1.54, 1.807) is 0 Å². The minimum atomic E-state index is -2.84. The van der Waals surface area contributed by atoms with Crippen LogP contribution in [0.1, 0.15) is 22.5 Å². The molecular weight excluding hydrogens is 259 g/mol. The normalized spacial score (nSPS) is 10.8. The van der Waals surface area contributed by atoms with Crippen LogP contribution in [0.4, 0.5) is 18.9 Å². The number of anilines is 1. The summed E-state index contributed by atoms with van der Waals surface area (Å²) in [4.78, 5) is 11.8. The van der Waals surface area contributed by atoms with Gasteiger partial charge in [0.05, 0.1) is 5.56 Å². The summed E-state index contributed by atoms with van der Waals surface area (Å²) < 4.78 is 39.2. The first kappa shape index (κ1) is 13.1. The summed E-state index contributed by atoms with van der Waals surface area (Å²) in [6.45, 7) is 0. The van der Waals surface area contributed by atoms with E-state index in [2.05, 4.69) is 10.4 Å². The van der Waals surface area contributed by atoms with Crippen molar-refractivity contribution in [2.45, 2.75) is 6.43 Å². The van der Waals surface area contributed by atoms with Gasteiger partial charge in [-0.3, -0.25) is 9.48 Å². The number of rotatable bonds is 3. The van der Waals surface area contributed by atoms with Gasteiger partial charge in [0.15, 0.2) is 0 Å². The maximum atomic E-state index is 12.7. The van der Waals surface area contributed by atoms with Crippen LogP contribution >= 0.6 is 0 Å². The summed E-state index contributed by atoms with van der Waals surface area (Å²) in [5.74, 6) is -1.16. The van der Waals surface area contributed by atoms with E-state index in [4.69, 9.17) is 0 Å². The van der Waals surface area contributed by atoms with E-state index in [1.165, 1.54) is 25.4 Å². The fourth-order valence-electron chi connectivity index (χ4n) is 1.57. The zero-order valence-electron chi connectivity index (χ0n) is 9.90. The molecule has 1 aromatic carbocycles. The number of nitrogens with zero attached hydrogens (tertiary/aromatic N) is 2. The van der Waals surface area contributed by atoms with Gasteiger partial charge in [-0.05, 0) is 24.3 Å². The van der Waals surface area contributed by atoms with Gasteiger partial charge >= 0.3 is 0 Å². The molecule has 0 atom stereocenters. The van der Waals surface area contributed by atoms with Gasteiger partial charge in [-0.1, -0.05) is 0 Å². The number of nitrogens with one attached hydrogen (secondary N) is 1. The molecule has 1 aromatic heterocycles. The smallest absolute Gasteiger partial charge is 0.282 e. The summed E-state index contributed by atoms with van der Waals surface area (Å²) >= 11 is 0. The van der Waals surface area contributed by atoms with E-state index in [-0.39, 0.29) is 5.56 Å². The first-order valence-corrected chi connectivity index (χ1v) is 5.36. The molecular formula is C12H10F3N3O. The largest absolute Gasteiger partial charge is 0.322 e. The van der Waals surface area contributed by atoms with Crippen molar-refractivity contribution < 1.29 is 18.0 Å². The molecule has 0 spiro atoms. The Morgan fingerprint density at radius 1 is 1.32 bits per heavy atom. The summed E-state index contributed by atoms with van der Waals surface area (Å²) in [5.41, 5.74) is -0.473. The minimum absolute atomic E-state index is 0.207. The Morgan fingerprint density at radius 3 is 2.53 bits per heavy atom. The SMILES string of the molecule is Cn1cc(C(=O)Nc2ccc(F)cc2)c(C(F)F)n1. The van der Waals surface area contributed by atoms with Crippen LogP contribution in [0.2, 0.25) is 0 Å². The monoisotopic (exact) mass is 269 g/mol. The second-order valence-corrected chi connectivity index (χ2v) is 3.86. The van der Waals surface area contributed by atoms with Crippen LogP contribution in [0.15, 0.2) is 30.5 Å². The number of hydrogen-bond acceptors (Lipinski definition) is 2. The summed E-state index contributed by atoms with van der Waals surface area (Å²) in [6.07, 6.45) is -1.63. The molecule has 1 N–H and O–H groups in total. The number of aryl methyl sites for hydroxylation is 1. The zero-order valence-corrected chi connectivity index (χ0v) is 9.90. The molecule has 0 bridgehead atoms. The van der Waals surface area contributed by atoms with E-state index < -0.39 is 23.8 Å². The third-order valence-corrected chi connectivity index (χ3v) is 2.41. The molecule has 0 saturated heterocycles. The Labute approximate surface area is 106 Å².